The molecule has 0 aromatic carbocycles. The highest BCUT2D eigenvalue weighted by molar-refractivity contribution is 4.60. The smallest absolute Gasteiger partial charge is 0.0575 e. The van der Waals surface area contributed by atoms with Crippen LogP contribution in [-0.2, 0) is 4.74 Å². The molecule has 0 heterocycles. The molecule has 254 valence electrons. The highest BCUT2D eigenvalue weighted by Crippen LogP contribution is 2.18. The van der Waals surface area contributed by atoms with Gasteiger partial charge in [0.2, 0.25) is 0 Å². The van der Waals surface area contributed by atoms with Crippen molar-refractivity contribution in [3.05, 3.63) is 0 Å². The Morgan fingerprint density at radius 3 is 0.810 bits per heavy atom. The third-order valence-electron chi connectivity index (χ3n) is 9.61. The van der Waals surface area contributed by atoms with Gasteiger partial charge in [0, 0.05) is 6.61 Å². The van der Waals surface area contributed by atoms with Gasteiger partial charge in [-0.2, -0.15) is 0 Å². The van der Waals surface area contributed by atoms with E-state index in [-0.39, 0.29) is 0 Å². The van der Waals surface area contributed by atoms with Gasteiger partial charge in [0.25, 0.3) is 0 Å². The van der Waals surface area contributed by atoms with E-state index in [1.54, 1.807) is 0 Å². The van der Waals surface area contributed by atoms with Crippen molar-refractivity contribution >= 4 is 0 Å². The molecule has 0 saturated carbocycles. The van der Waals surface area contributed by atoms with Gasteiger partial charge in [0.15, 0.2) is 0 Å². The van der Waals surface area contributed by atoms with E-state index in [1.165, 1.54) is 231 Å². The van der Waals surface area contributed by atoms with Crippen molar-refractivity contribution in [3.8, 4) is 0 Å². The van der Waals surface area contributed by atoms with Crippen LogP contribution < -0.4 is 0 Å². The van der Waals surface area contributed by atoms with E-state index >= 15 is 0 Å². The van der Waals surface area contributed by atoms with E-state index in [2.05, 4.69) is 20.8 Å². The summed E-state index contributed by atoms with van der Waals surface area (Å²) < 4.78 is 6.39. The molecule has 0 rings (SSSR count). The molecule has 1 nitrogen and oxygen atoms in total. The fraction of sp³-hybridized carbons (Fsp3) is 1.00. The molecule has 1 atom stereocenters. The number of ether oxygens (including phenoxy) is 1. The predicted octanol–water partition coefficient (Wildman–Crippen LogP) is 15.5. The molecule has 0 aromatic heterocycles. The van der Waals surface area contributed by atoms with Crippen LogP contribution in [-0.4, -0.2) is 12.7 Å². The molecule has 0 N–H and O–H groups in total. The molecule has 0 bridgehead atoms. The van der Waals surface area contributed by atoms with Crippen LogP contribution in [0, 0.1) is 0 Å². The first-order valence-corrected chi connectivity index (χ1v) is 20.5. The number of hydrogen-bond donors (Lipinski definition) is 0. The van der Waals surface area contributed by atoms with Crippen LogP contribution in [0.4, 0.5) is 0 Å². The number of rotatable bonds is 38. The van der Waals surface area contributed by atoms with Gasteiger partial charge < -0.3 is 4.74 Å². The Hall–Kier alpha value is -0.0400. The topological polar surface area (TPSA) is 9.23 Å². The highest BCUT2D eigenvalue weighted by Gasteiger charge is 2.08. The van der Waals surface area contributed by atoms with Crippen LogP contribution in [0.1, 0.15) is 252 Å². The Bertz CT molecular complexity index is 446. The average molecular weight is 593 g/mol. The van der Waals surface area contributed by atoms with Crippen LogP contribution in [0.3, 0.4) is 0 Å². The lowest BCUT2D eigenvalue weighted by atomic mass is 10.0. The van der Waals surface area contributed by atoms with Crippen molar-refractivity contribution in [2.75, 3.05) is 6.61 Å². The van der Waals surface area contributed by atoms with Gasteiger partial charge in [-0.3, -0.25) is 0 Å². The predicted molar refractivity (Wildman–Crippen MR) is 193 cm³/mol. The summed E-state index contributed by atoms with van der Waals surface area (Å²) in [6.07, 6.45) is 52.0. The Kier molecular flexibility index (Phi) is 38.9. The fourth-order valence-electron chi connectivity index (χ4n) is 6.56. The van der Waals surface area contributed by atoms with Gasteiger partial charge >= 0.3 is 0 Å². The van der Waals surface area contributed by atoms with Gasteiger partial charge in [0.1, 0.15) is 0 Å². The minimum absolute atomic E-state index is 0.535. The molecule has 0 amide bonds. The number of unbranched alkanes of at least 4 members (excludes halogenated alkanes) is 31. The summed E-state index contributed by atoms with van der Waals surface area (Å²) >= 11 is 0. The third kappa shape index (κ3) is 36.2. The molecule has 0 saturated heterocycles. The summed E-state index contributed by atoms with van der Waals surface area (Å²) in [5, 5.41) is 0. The van der Waals surface area contributed by atoms with Crippen LogP contribution in [0.2, 0.25) is 0 Å². The Balaban J connectivity index is 3.44. The zero-order valence-corrected chi connectivity index (χ0v) is 30.1. The maximum atomic E-state index is 6.39. The number of hydrogen-bond acceptors (Lipinski definition) is 1. The zero-order chi connectivity index (χ0) is 30.4. The molecule has 0 fully saturated rings. The third-order valence-corrected chi connectivity index (χ3v) is 9.61. The SMILES string of the molecule is CCCCCCCCCCCCCCCCCCOC(CCCC)CCCCCCCCCCCCCCCCCC. The van der Waals surface area contributed by atoms with Crippen molar-refractivity contribution in [3.63, 3.8) is 0 Å². The van der Waals surface area contributed by atoms with Gasteiger partial charge in [0.05, 0.1) is 6.10 Å². The molecule has 0 aliphatic heterocycles. The minimum Gasteiger partial charge on any atom is -0.378 e. The quantitative estimate of drug-likeness (QED) is 0.0648. The second kappa shape index (κ2) is 39.0. The van der Waals surface area contributed by atoms with E-state index in [1.807, 2.05) is 0 Å². The molecule has 0 aliphatic carbocycles. The summed E-state index contributed by atoms with van der Waals surface area (Å²) in [6, 6.07) is 0. The van der Waals surface area contributed by atoms with Crippen molar-refractivity contribution in [1.29, 1.82) is 0 Å². The van der Waals surface area contributed by atoms with E-state index in [0.29, 0.717) is 6.10 Å². The van der Waals surface area contributed by atoms with Gasteiger partial charge in [-0.15, -0.1) is 0 Å². The highest BCUT2D eigenvalue weighted by atomic mass is 16.5. The lowest BCUT2D eigenvalue weighted by molar-refractivity contribution is 0.0360. The molecule has 0 spiro atoms. The molecule has 1 unspecified atom stereocenters. The van der Waals surface area contributed by atoms with Gasteiger partial charge in [-0.25, -0.2) is 0 Å². The van der Waals surface area contributed by atoms with Crippen LogP contribution in [0.15, 0.2) is 0 Å². The molecule has 42 heavy (non-hydrogen) atoms. The standard InChI is InChI=1S/C41H84O/c1-4-7-10-12-14-16-18-20-22-24-26-28-30-32-34-36-39-41(38-9-6-3)42-40-37-35-33-31-29-27-25-23-21-19-17-15-13-11-8-5-2/h41H,4-40H2,1-3H3. The van der Waals surface area contributed by atoms with Crippen molar-refractivity contribution in [2.45, 2.75) is 258 Å². The van der Waals surface area contributed by atoms with Crippen LogP contribution >= 0.6 is 0 Å². The Morgan fingerprint density at radius 1 is 0.262 bits per heavy atom. The first kappa shape index (κ1) is 42.0. The maximum absolute atomic E-state index is 6.39. The van der Waals surface area contributed by atoms with Gasteiger partial charge in [-0.05, 0) is 19.3 Å². The largest absolute Gasteiger partial charge is 0.378 e. The van der Waals surface area contributed by atoms with Crippen molar-refractivity contribution in [2.24, 2.45) is 0 Å². The Morgan fingerprint density at radius 2 is 0.500 bits per heavy atom. The van der Waals surface area contributed by atoms with E-state index < -0.39 is 0 Å². The van der Waals surface area contributed by atoms with Crippen LogP contribution in [0.5, 0.6) is 0 Å². The van der Waals surface area contributed by atoms with E-state index in [4.69, 9.17) is 4.74 Å². The van der Waals surface area contributed by atoms with E-state index in [9.17, 15) is 0 Å². The second-order valence-electron chi connectivity index (χ2n) is 14.0. The summed E-state index contributed by atoms with van der Waals surface area (Å²) in [5.41, 5.74) is 0. The summed E-state index contributed by atoms with van der Waals surface area (Å²) in [7, 11) is 0. The monoisotopic (exact) mass is 593 g/mol. The lowest BCUT2D eigenvalue weighted by Gasteiger charge is -2.18. The zero-order valence-electron chi connectivity index (χ0n) is 30.1. The van der Waals surface area contributed by atoms with Crippen molar-refractivity contribution < 1.29 is 4.74 Å². The molecule has 0 radical (unpaired) electrons. The Labute approximate surface area is 268 Å². The molecule has 1 heteroatoms. The second-order valence-corrected chi connectivity index (χ2v) is 14.0. The summed E-state index contributed by atoms with van der Waals surface area (Å²) in [4.78, 5) is 0. The maximum Gasteiger partial charge on any atom is 0.0575 e. The molecule has 0 aliphatic rings. The minimum atomic E-state index is 0.535. The normalized spacial score (nSPS) is 12.4. The van der Waals surface area contributed by atoms with E-state index in [0.717, 1.165) is 6.61 Å². The first-order chi connectivity index (χ1) is 20.8. The molecular formula is C41H84O. The summed E-state index contributed by atoms with van der Waals surface area (Å²) in [5.74, 6) is 0. The van der Waals surface area contributed by atoms with Gasteiger partial charge in [-0.1, -0.05) is 233 Å². The van der Waals surface area contributed by atoms with Crippen molar-refractivity contribution in [1.82, 2.24) is 0 Å². The molecular weight excluding hydrogens is 508 g/mol. The fourth-order valence-corrected chi connectivity index (χ4v) is 6.56. The molecule has 0 aromatic rings. The first-order valence-electron chi connectivity index (χ1n) is 20.5. The van der Waals surface area contributed by atoms with Crippen LogP contribution in [0.25, 0.3) is 0 Å². The summed E-state index contributed by atoms with van der Waals surface area (Å²) in [6.45, 7) is 7.94. The lowest BCUT2D eigenvalue weighted by Crippen LogP contribution is -2.14. The average Bonchev–Trinajstić information content (AvgIpc) is 3.00.